The normalized spacial score (nSPS) is 15.4. The van der Waals surface area contributed by atoms with Gasteiger partial charge in [0, 0.05) is 29.2 Å². The number of halogens is 2. The Morgan fingerprint density at radius 1 is 1.13 bits per heavy atom. The van der Waals surface area contributed by atoms with Crippen LogP contribution in [0.15, 0.2) is 42.5 Å². The maximum Gasteiger partial charge on any atom is 0.286 e. The van der Waals surface area contributed by atoms with Crippen LogP contribution in [0.2, 0.25) is 10.0 Å². The Labute approximate surface area is 233 Å². The zero-order valence-corrected chi connectivity index (χ0v) is 23.8. The summed E-state index contributed by atoms with van der Waals surface area (Å²) in [7, 11) is -4.04. The lowest BCUT2D eigenvalue weighted by atomic mass is 9.92. The van der Waals surface area contributed by atoms with Crippen LogP contribution < -0.4 is 5.43 Å². The second kappa shape index (κ2) is 12.2. The Morgan fingerprint density at radius 2 is 1.84 bits per heavy atom. The number of nitrogens with one attached hydrogen (secondary N) is 1. The topological polar surface area (TPSA) is 105 Å². The van der Waals surface area contributed by atoms with E-state index in [1.165, 1.54) is 0 Å². The Morgan fingerprint density at radius 3 is 2.53 bits per heavy atom. The van der Waals surface area contributed by atoms with Gasteiger partial charge in [-0.05, 0) is 62.3 Å². The summed E-state index contributed by atoms with van der Waals surface area (Å²) in [6.45, 7) is 5.41. The van der Waals surface area contributed by atoms with Crippen molar-refractivity contribution in [3.63, 3.8) is 0 Å². The molecule has 1 amide bonds. The molecule has 1 saturated heterocycles. The maximum absolute atomic E-state index is 13.4. The molecule has 38 heavy (non-hydrogen) atoms. The van der Waals surface area contributed by atoms with Crippen molar-refractivity contribution < 1.29 is 17.8 Å². The SMILES string of the molecule is Cc1c(C(=O)NN2CCCCC2)nn(-c2ccc(Cl)cc2Cl)c1-c1ccccc1CC(C)CCS(=O)(=O)O. The number of hydrogen-bond acceptors (Lipinski definition) is 5. The molecule has 1 aromatic heterocycles. The number of hydrogen-bond donors (Lipinski definition) is 2. The van der Waals surface area contributed by atoms with Gasteiger partial charge in [-0.15, -0.1) is 0 Å². The standard InChI is InChI=1S/C27H32Cl2N4O4S/c1-18(12-15-38(35,36)37)16-20-8-4-5-9-22(20)26-19(2)25(27(34)31-32-13-6-3-7-14-32)30-33(26)24-11-10-21(28)17-23(24)29/h4-5,8-11,17-18H,3,6-7,12-16H2,1-2H3,(H,31,34)(H,35,36,37). The molecule has 8 nitrogen and oxygen atoms in total. The molecule has 1 fully saturated rings. The minimum Gasteiger partial charge on any atom is -0.286 e. The lowest BCUT2D eigenvalue weighted by Gasteiger charge is -2.26. The summed E-state index contributed by atoms with van der Waals surface area (Å²) >= 11 is 12.8. The predicted molar refractivity (Wildman–Crippen MR) is 151 cm³/mol. The molecule has 0 saturated carbocycles. The maximum atomic E-state index is 13.4. The van der Waals surface area contributed by atoms with Crippen molar-refractivity contribution in [3.8, 4) is 16.9 Å². The first kappa shape index (κ1) is 28.6. The van der Waals surface area contributed by atoms with E-state index >= 15 is 0 Å². The third-order valence-electron chi connectivity index (χ3n) is 6.80. The third kappa shape index (κ3) is 6.95. The summed E-state index contributed by atoms with van der Waals surface area (Å²) in [5.74, 6) is -0.599. The second-order valence-corrected chi connectivity index (χ2v) is 12.3. The van der Waals surface area contributed by atoms with Gasteiger partial charge in [-0.1, -0.05) is 60.8 Å². The van der Waals surface area contributed by atoms with Crippen molar-refractivity contribution in [2.75, 3.05) is 18.8 Å². The molecular weight excluding hydrogens is 547 g/mol. The van der Waals surface area contributed by atoms with Gasteiger partial charge < -0.3 is 0 Å². The van der Waals surface area contributed by atoms with Crippen LogP contribution >= 0.6 is 23.2 Å². The summed E-state index contributed by atoms with van der Waals surface area (Å²) in [6.07, 6.45) is 4.10. The lowest BCUT2D eigenvalue weighted by molar-refractivity contribution is 0.0743. The van der Waals surface area contributed by atoms with Gasteiger partial charge >= 0.3 is 0 Å². The van der Waals surface area contributed by atoms with Gasteiger partial charge in [0.15, 0.2) is 5.69 Å². The average molecular weight is 580 g/mol. The molecule has 0 bridgehead atoms. The smallest absolute Gasteiger partial charge is 0.286 e. The third-order valence-corrected chi connectivity index (χ3v) is 8.09. The van der Waals surface area contributed by atoms with Gasteiger partial charge in [0.1, 0.15) is 0 Å². The van der Waals surface area contributed by atoms with Crippen LogP contribution in [-0.4, -0.2) is 52.5 Å². The summed E-state index contributed by atoms with van der Waals surface area (Å²) < 4.78 is 33.4. The quantitative estimate of drug-likeness (QED) is 0.313. The van der Waals surface area contributed by atoms with E-state index < -0.39 is 10.1 Å². The van der Waals surface area contributed by atoms with Crippen LogP contribution in [0.1, 0.15) is 54.2 Å². The first-order chi connectivity index (χ1) is 18.0. The fourth-order valence-corrected chi connectivity index (χ4v) is 6.00. The summed E-state index contributed by atoms with van der Waals surface area (Å²) in [6, 6.07) is 12.9. The van der Waals surface area contributed by atoms with E-state index in [-0.39, 0.29) is 17.6 Å². The van der Waals surface area contributed by atoms with Crippen LogP contribution in [0, 0.1) is 12.8 Å². The van der Waals surface area contributed by atoms with Crippen molar-refractivity contribution in [2.45, 2.75) is 46.0 Å². The molecule has 2 N–H and O–H groups in total. The molecule has 204 valence electrons. The molecule has 3 aromatic rings. The second-order valence-electron chi connectivity index (χ2n) is 9.86. The van der Waals surface area contributed by atoms with E-state index in [9.17, 15) is 17.8 Å². The zero-order valence-electron chi connectivity index (χ0n) is 21.5. The zero-order chi connectivity index (χ0) is 27.4. The molecule has 1 aliphatic rings. The highest BCUT2D eigenvalue weighted by molar-refractivity contribution is 7.85. The van der Waals surface area contributed by atoms with E-state index in [1.54, 1.807) is 22.9 Å². The Bertz CT molecular complexity index is 1420. The number of piperidine rings is 1. The Balaban J connectivity index is 1.77. The number of hydrazine groups is 1. The van der Waals surface area contributed by atoms with E-state index in [0.717, 1.165) is 49.2 Å². The molecule has 4 rings (SSSR count). The van der Waals surface area contributed by atoms with Gasteiger partial charge in [-0.25, -0.2) is 9.69 Å². The van der Waals surface area contributed by atoms with Gasteiger partial charge in [-0.3, -0.25) is 14.8 Å². The first-order valence-corrected chi connectivity index (χ1v) is 15.0. The number of nitrogens with zero attached hydrogens (tertiary/aromatic N) is 3. The van der Waals surface area contributed by atoms with Gasteiger partial charge in [0.2, 0.25) is 0 Å². The molecule has 0 aliphatic carbocycles. The molecule has 1 aliphatic heterocycles. The van der Waals surface area contributed by atoms with Crippen molar-refractivity contribution in [3.05, 3.63) is 69.3 Å². The molecule has 11 heteroatoms. The average Bonchev–Trinajstić information content (AvgIpc) is 3.20. The van der Waals surface area contributed by atoms with Crippen LogP contribution in [0.5, 0.6) is 0 Å². The van der Waals surface area contributed by atoms with E-state index in [0.29, 0.717) is 39.8 Å². The van der Waals surface area contributed by atoms with Crippen LogP contribution in [0.25, 0.3) is 16.9 Å². The highest BCUT2D eigenvalue weighted by Gasteiger charge is 2.26. The van der Waals surface area contributed by atoms with Crippen molar-refractivity contribution in [1.29, 1.82) is 0 Å². The molecule has 2 heterocycles. The molecule has 1 unspecified atom stereocenters. The predicted octanol–water partition coefficient (Wildman–Crippen LogP) is 5.74. The molecular formula is C27H32Cl2N4O4S. The highest BCUT2D eigenvalue weighted by atomic mass is 35.5. The van der Waals surface area contributed by atoms with E-state index in [4.69, 9.17) is 28.3 Å². The number of carbonyl (C=O) groups excluding carboxylic acids is 1. The summed E-state index contributed by atoms with van der Waals surface area (Å²) in [5, 5.41) is 7.55. The summed E-state index contributed by atoms with van der Waals surface area (Å²) in [4.78, 5) is 13.4. The van der Waals surface area contributed by atoms with Crippen molar-refractivity contribution >= 4 is 39.2 Å². The fourth-order valence-electron chi connectivity index (χ4n) is 4.81. The Kier molecular flexibility index (Phi) is 9.15. The largest absolute Gasteiger partial charge is 0.286 e. The fraction of sp³-hybridized carbons (Fsp3) is 0.407. The number of rotatable bonds is 9. The molecule has 2 aromatic carbocycles. The number of amides is 1. The highest BCUT2D eigenvalue weighted by Crippen LogP contribution is 2.35. The van der Waals surface area contributed by atoms with Gasteiger partial charge in [0.25, 0.3) is 16.0 Å². The minimum atomic E-state index is -4.04. The summed E-state index contributed by atoms with van der Waals surface area (Å²) in [5.41, 5.74) is 7.13. The molecule has 1 atom stereocenters. The van der Waals surface area contributed by atoms with E-state index in [1.807, 2.05) is 43.1 Å². The minimum absolute atomic E-state index is 0.0178. The van der Waals surface area contributed by atoms with E-state index in [2.05, 4.69) is 5.43 Å². The lowest BCUT2D eigenvalue weighted by Crippen LogP contribution is -2.45. The first-order valence-electron chi connectivity index (χ1n) is 12.7. The van der Waals surface area contributed by atoms with Crippen LogP contribution in [-0.2, 0) is 16.5 Å². The number of benzene rings is 2. The van der Waals surface area contributed by atoms with Crippen molar-refractivity contribution in [2.24, 2.45) is 5.92 Å². The molecule has 0 spiro atoms. The Hall–Kier alpha value is -2.43. The van der Waals surface area contributed by atoms with Gasteiger partial charge in [-0.2, -0.15) is 13.5 Å². The van der Waals surface area contributed by atoms with Gasteiger partial charge in [0.05, 0.1) is 22.2 Å². The number of aromatic nitrogens is 2. The van der Waals surface area contributed by atoms with Crippen LogP contribution in [0.3, 0.4) is 0 Å². The molecule has 0 radical (unpaired) electrons. The van der Waals surface area contributed by atoms with Crippen LogP contribution in [0.4, 0.5) is 0 Å². The van der Waals surface area contributed by atoms with Crippen molar-refractivity contribution in [1.82, 2.24) is 20.2 Å². The monoisotopic (exact) mass is 578 g/mol. The number of carbonyl (C=O) groups is 1.